The van der Waals surface area contributed by atoms with E-state index in [-0.39, 0.29) is 18.4 Å². The summed E-state index contributed by atoms with van der Waals surface area (Å²) in [6.07, 6.45) is 3.23. The van der Waals surface area contributed by atoms with Gasteiger partial charge in [0.15, 0.2) is 6.61 Å². The first kappa shape index (κ1) is 20.9. The standard InChI is InChI=1S/C24H30N2O3/c1-17(2)20-12-11-19(15-18(20)3)29-16-23(27)25-22-10-6-5-9-21(22)24(28)26-13-7-4-8-14-26/h5-6,9-12,15,17H,4,7-8,13-14,16H2,1-3H3,(H,25,27). The van der Waals surface area contributed by atoms with Crippen molar-refractivity contribution in [2.24, 2.45) is 0 Å². The molecule has 3 rings (SSSR count). The predicted octanol–water partition coefficient (Wildman–Crippen LogP) is 4.76. The Labute approximate surface area is 173 Å². The van der Waals surface area contributed by atoms with Gasteiger partial charge in [-0.05, 0) is 67.5 Å². The van der Waals surface area contributed by atoms with Gasteiger partial charge in [-0.1, -0.05) is 32.0 Å². The van der Waals surface area contributed by atoms with Crippen LogP contribution in [0.5, 0.6) is 5.75 Å². The molecule has 1 fully saturated rings. The van der Waals surface area contributed by atoms with Gasteiger partial charge in [-0.2, -0.15) is 0 Å². The zero-order chi connectivity index (χ0) is 20.8. The highest BCUT2D eigenvalue weighted by Gasteiger charge is 2.21. The van der Waals surface area contributed by atoms with E-state index in [0.29, 0.717) is 22.9 Å². The molecule has 1 N–H and O–H groups in total. The predicted molar refractivity (Wildman–Crippen MR) is 116 cm³/mol. The van der Waals surface area contributed by atoms with Crippen molar-refractivity contribution < 1.29 is 14.3 Å². The van der Waals surface area contributed by atoms with Crippen molar-refractivity contribution in [1.82, 2.24) is 4.90 Å². The van der Waals surface area contributed by atoms with E-state index in [1.807, 2.05) is 42.2 Å². The molecule has 0 spiro atoms. The summed E-state index contributed by atoms with van der Waals surface area (Å²) in [4.78, 5) is 27.2. The molecule has 29 heavy (non-hydrogen) atoms. The summed E-state index contributed by atoms with van der Waals surface area (Å²) in [7, 11) is 0. The van der Waals surface area contributed by atoms with Crippen LogP contribution in [0.2, 0.25) is 0 Å². The molecular formula is C24H30N2O3. The molecule has 0 aliphatic carbocycles. The first-order chi connectivity index (χ1) is 14.0. The third-order valence-corrected chi connectivity index (χ3v) is 5.31. The fourth-order valence-electron chi connectivity index (χ4n) is 3.77. The average molecular weight is 395 g/mol. The molecule has 0 saturated carbocycles. The molecule has 5 heteroatoms. The number of piperidine rings is 1. The Bertz CT molecular complexity index is 870. The number of aryl methyl sites for hydroxylation is 1. The van der Waals surface area contributed by atoms with Crippen molar-refractivity contribution in [2.75, 3.05) is 25.0 Å². The minimum atomic E-state index is -0.283. The fraction of sp³-hybridized carbons (Fsp3) is 0.417. The molecule has 154 valence electrons. The lowest BCUT2D eigenvalue weighted by Gasteiger charge is -2.27. The molecule has 2 amide bonds. The van der Waals surface area contributed by atoms with E-state index in [2.05, 4.69) is 19.2 Å². The van der Waals surface area contributed by atoms with Crippen molar-refractivity contribution >= 4 is 17.5 Å². The van der Waals surface area contributed by atoms with Gasteiger partial charge in [0.1, 0.15) is 5.75 Å². The van der Waals surface area contributed by atoms with Crippen LogP contribution >= 0.6 is 0 Å². The van der Waals surface area contributed by atoms with Crippen LogP contribution in [-0.4, -0.2) is 36.4 Å². The summed E-state index contributed by atoms with van der Waals surface area (Å²) in [5.74, 6) is 0.803. The molecule has 2 aromatic carbocycles. The molecule has 0 atom stereocenters. The van der Waals surface area contributed by atoms with Crippen LogP contribution in [0.25, 0.3) is 0 Å². The number of ether oxygens (including phenoxy) is 1. The number of hydrogen-bond acceptors (Lipinski definition) is 3. The Morgan fingerprint density at radius 2 is 1.79 bits per heavy atom. The number of nitrogens with zero attached hydrogens (tertiary/aromatic N) is 1. The smallest absolute Gasteiger partial charge is 0.262 e. The highest BCUT2D eigenvalue weighted by molar-refractivity contribution is 6.04. The van der Waals surface area contributed by atoms with Crippen LogP contribution in [0.4, 0.5) is 5.69 Å². The summed E-state index contributed by atoms with van der Waals surface area (Å²) in [5, 5.41) is 2.83. The van der Waals surface area contributed by atoms with Gasteiger partial charge in [-0.25, -0.2) is 0 Å². The Hall–Kier alpha value is -2.82. The van der Waals surface area contributed by atoms with Gasteiger partial charge in [-0.15, -0.1) is 0 Å². The maximum Gasteiger partial charge on any atom is 0.262 e. The largest absolute Gasteiger partial charge is 0.484 e. The Morgan fingerprint density at radius 1 is 1.07 bits per heavy atom. The molecule has 0 bridgehead atoms. The van der Waals surface area contributed by atoms with E-state index in [1.54, 1.807) is 12.1 Å². The van der Waals surface area contributed by atoms with Crippen molar-refractivity contribution in [3.63, 3.8) is 0 Å². The number of anilines is 1. The van der Waals surface area contributed by atoms with Crippen molar-refractivity contribution in [3.05, 3.63) is 59.2 Å². The molecule has 2 aromatic rings. The molecule has 1 saturated heterocycles. The summed E-state index contributed by atoms with van der Waals surface area (Å²) in [6, 6.07) is 13.1. The number of hydrogen-bond donors (Lipinski definition) is 1. The van der Waals surface area contributed by atoms with E-state index < -0.39 is 0 Å². The highest BCUT2D eigenvalue weighted by Crippen LogP contribution is 2.24. The topological polar surface area (TPSA) is 58.6 Å². The Kier molecular flexibility index (Phi) is 6.91. The number of carbonyl (C=O) groups excluding carboxylic acids is 2. The second-order valence-corrected chi connectivity index (χ2v) is 7.91. The lowest BCUT2D eigenvalue weighted by atomic mass is 9.98. The summed E-state index contributed by atoms with van der Waals surface area (Å²) in [6.45, 7) is 7.79. The maximum atomic E-state index is 12.8. The number of nitrogens with one attached hydrogen (secondary N) is 1. The molecule has 1 aliphatic rings. The molecule has 1 heterocycles. The van der Waals surface area contributed by atoms with E-state index in [1.165, 1.54) is 5.56 Å². The number of para-hydroxylation sites is 1. The third kappa shape index (κ3) is 5.37. The van der Waals surface area contributed by atoms with Gasteiger partial charge in [0.05, 0.1) is 11.3 Å². The lowest BCUT2D eigenvalue weighted by molar-refractivity contribution is -0.118. The van der Waals surface area contributed by atoms with E-state index in [9.17, 15) is 9.59 Å². The van der Waals surface area contributed by atoms with Crippen LogP contribution in [0.3, 0.4) is 0 Å². The van der Waals surface area contributed by atoms with Gasteiger partial charge in [0.25, 0.3) is 11.8 Å². The normalized spacial score (nSPS) is 14.0. The van der Waals surface area contributed by atoms with Crippen molar-refractivity contribution in [3.8, 4) is 5.75 Å². The zero-order valence-electron chi connectivity index (χ0n) is 17.5. The summed E-state index contributed by atoms with van der Waals surface area (Å²) >= 11 is 0. The van der Waals surface area contributed by atoms with E-state index in [0.717, 1.165) is 37.9 Å². The van der Waals surface area contributed by atoms with E-state index in [4.69, 9.17) is 4.74 Å². The monoisotopic (exact) mass is 394 g/mol. The molecule has 0 aromatic heterocycles. The quantitative estimate of drug-likeness (QED) is 0.768. The highest BCUT2D eigenvalue weighted by atomic mass is 16.5. The minimum Gasteiger partial charge on any atom is -0.484 e. The van der Waals surface area contributed by atoms with Crippen LogP contribution in [-0.2, 0) is 4.79 Å². The number of amides is 2. The summed E-state index contributed by atoms with van der Waals surface area (Å²) < 4.78 is 5.66. The van der Waals surface area contributed by atoms with Crippen LogP contribution in [0.1, 0.15) is 60.5 Å². The van der Waals surface area contributed by atoms with Crippen molar-refractivity contribution in [2.45, 2.75) is 46.0 Å². The number of carbonyl (C=O) groups is 2. The summed E-state index contributed by atoms with van der Waals surface area (Å²) in [5.41, 5.74) is 3.48. The van der Waals surface area contributed by atoms with E-state index >= 15 is 0 Å². The van der Waals surface area contributed by atoms with Crippen molar-refractivity contribution in [1.29, 1.82) is 0 Å². The maximum absolute atomic E-state index is 12.8. The molecule has 0 unspecified atom stereocenters. The average Bonchev–Trinajstić information content (AvgIpc) is 2.72. The first-order valence-corrected chi connectivity index (χ1v) is 10.4. The molecule has 1 aliphatic heterocycles. The Morgan fingerprint density at radius 3 is 2.48 bits per heavy atom. The molecular weight excluding hydrogens is 364 g/mol. The minimum absolute atomic E-state index is 0.0265. The fourth-order valence-corrected chi connectivity index (χ4v) is 3.77. The van der Waals surface area contributed by atoms with Crippen LogP contribution < -0.4 is 10.1 Å². The van der Waals surface area contributed by atoms with Crippen LogP contribution in [0.15, 0.2) is 42.5 Å². The van der Waals surface area contributed by atoms with Gasteiger partial charge >= 0.3 is 0 Å². The van der Waals surface area contributed by atoms with Gasteiger partial charge < -0.3 is 15.0 Å². The van der Waals surface area contributed by atoms with Gasteiger partial charge in [0.2, 0.25) is 0 Å². The SMILES string of the molecule is Cc1cc(OCC(=O)Nc2ccccc2C(=O)N2CCCCC2)ccc1C(C)C. The molecule has 0 radical (unpaired) electrons. The second kappa shape index (κ2) is 9.59. The number of rotatable bonds is 6. The van der Waals surface area contributed by atoms with Crippen LogP contribution in [0, 0.1) is 6.92 Å². The van der Waals surface area contributed by atoms with Gasteiger partial charge in [0, 0.05) is 13.1 Å². The lowest BCUT2D eigenvalue weighted by Crippen LogP contribution is -2.36. The number of benzene rings is 2. The Balaban J connectivity index is 1.62. The second-order valence-electron chi connectivity index (χ2n) is 7.91. The third-order valence-electron chi connectivity index (χ3n) is 5.31. The molecule has 5 nitrogen and oxygen atoms in total. The number of likely N-dealkylation sites (tertiary alicyclic amines) is 1. The van der Waals surface area contributed by atoms with Gasteiger partial charge in [-0.3, -0.25) is 9.59 Å². The first-order valence-electron chi connectivity index (χ1n) is 10.4. The zero-order valence-corrected chi connectivity index (χ0v) is 17.5.